The Morgan fingerprint density at radius 2 is 1.87 bits per heavy atom. The first-order valence-corrected chi connectivity index (χ1v) is 7.84. The van der Waals surface area contributed by atoms with Crippen molar-refractivity contribution in [2.24, 2.45) is 11.8 Å². The van der Waals surface area contributed by atoms with Crippen LogP contribution in [0.5, 0.6) is 0 Å². The van der Waals surface area contributed by atoms with E-state index in [1.807, 2.05) is 13.8 Å². The maximum Gasteiger partial charge on any atom is 0.305 e. The molecule has 2 rings (SSSR count). The van der Waals surface area contributed by atoms with E-state index in [1.54, 1.807) is 24.3 Å². The number of nitrogens with zero attached hydrogens (tertiary/aromatic N) is 1. The van der Waals surface area contributed by atoms with Crippen LogP contribution in [0.25, 0.3) is 0 Å². The van der Waals surface area contributed by atoms with Gasteiger partial charge in [0, 0.05) is 30.3 Å². The molecule has 124 valence electrons. The standard InChI is InChI=1S/C17H22N2O4/c1-3-19(9-8-15(20)21)17(23)12-4-6-13(7-5-12)18-16(22)14-10-11(14)2/h4-7,11,14H,3,8-10H2,1-2H3,(H,18,22)(H,20,21). The third-order valence-corrected chi connectivity index (χ3v) is 4.11. The Kier molecular flexibility index (Phi) is 5.36. The fraction of sp³-hybridized carbons (Fsp3) is 0.471. The van der Waals surface area contributed by atoms with Gasteiger partial charge in [0.05, 0.1) is 6.42 Å². The first-order chi connectivity index (χ1) is 10.9. The van der Waals surface area contributed by atoms with Crippen LogP contribution >= 0.6 is 0 Å². The number of amides is 2. The zero-order chi connectivity index (χ0) is 17.0. The molecule has 1 fully saturated rings. The Balaban J connectivity index is 1.95. The van der Waals surface area contributed by atoms with Gasteiger partial charge >= 0.3 is 5.97 Å². The molecule has 0 bridgehead atoms. The van der Waals surface area contributed by atoms with Crippen LogP contribution in [0.4, 0.5) is 5.69 Å². The molecule has 0 heterocycles. The number of hydrogen-bond acceptors (Lipinski definition) is 3. The van der Waals surface area contributed by atoms with Crippen molar-refractivity contribution >= 4 is 23.5 Å². The van der Waals surface area contributed by atoms with Crippen molar-refractivity contribution in [1.82, 2.24) is 4.90 Å². The smallest absolute Gasteiger partial charge is 0.305 e. The molecule has 2 N–H and O–H groups in total. The summed E-state index contributed by atoms with van der Waals surface area (Å²) >= 11 is 0. The minimum atomic E-state index is -0.927. The molecular weight excluding hydrogens is 296 g/mol. The molecule has 0 aromatic heterocycles. The van der Waals surface area contributed by atoms with Gasteiger partial charge in [0.1, 0.15) is 0 Å². The lowest BCUT2D eigenvalue weighted by molar-refractivity contribution is -0.137. The van der Waals surface area contributed by atoms with E-state index in [4.69, 9.17) is 5.11 Å². The summed E-state index contributed by atoms with van der Waals surface area (Å²) < 4.78 is 0. The van der Waals surface area contributed by atoms with Crippen molar-refractivity contribution in [2.45, 2.75) is 26.7 Å². The lowest BCUT2D eigenvalue weighted by Gasteiger charge is -2.20. The second kappa shape index (κ2) is 7.26. The number of nitrogens with one attached hydrogen (secondary N) is 1. The van der Waals surface area contributed by atoms with Gasteiger partial charge in [-0.3, -0.25) is 14.4 Å². The van der Waals surface area contributed by atoms with E-state index in [0.717, 1.165) is 6.42 Å². The number of rotatable bonds is 7. The molecule has 2 atom stereocenters. The van der Waals surface area contributed by atoms with Crippen LogP contribution in [0.15, 0.2) is 24.3 Å². The average molecular weight is 318 g/mol. The first-order valence-electron chi connectivity index (χ1n) is 7.84. The summed E-state index contributed by atoms with van der Waals surface area (Å²) in [5.41, 5.74) is 1.15. The van der Waals surface area contributed by atoms with Crippen LogP contribution in [0.3, 0.4) is 0 Å². The summed E-state index contributed by atoms with van der Waals surface area (Å²) in [6.07, 6.45) is 0.852. The SMILES string of the molecule is CCN(CCC(=O)O)C(=O)c1ccc(NC(=O)C2CC2C)cc1. The fourth-order valence-corrected chi connectivity index (χ4v) is 2.43. The number of anilines is 1. The average Bonchev–Trinajstić information content (AvgIpc) is 3.25. The number of aliphatic carboxylic acids is 1. The maximum absolute atomic E-state index is 12.3. The molecule has 0 spiro atoms. The number of carboxylic acids is 1. The molecule has 6 heteroatoms. The largest absolute Gasteiger partial charge is 0.481 e. The van der Waals surface area contributed by atoms with E-state index >= 15 is 0 Å². The Labute approximate surface area is 135 Å². The maximum atomic E-state index is 12.3. The van der Waals surface area contributed by atoms with E-state index in [-0.39, 0.29) is 30.7 Å². The van der Waals surface area contributed by atoms with Gasteiger partial charge in [0.25, 0.3) is 5.91 Å². The summed E-state index contributed by atoms with van der Waals surface area (Å²) in [7, 11) is 0. The topological polar surface area (TPSA) is 86.7 Å². The normalized spacial score (nSPS) is 19.0. The highest BCUT2D eigenvalue weighted by atomic mass is 16.4. The minimum absolute atomic E-state index is 0.0215. The third-order valence-electron chi connectivity index (χ3n) is 4.11. The van der Waals surface area contributed by atoms with Crippen LogP contribution in [0.2, 0.25) is 0 Å². The Morgan fingerprint density at radius 1 is 1.26 bits per heavy atom. The van der Waals surface area contributed by atoms with E-state index in [1.165, 1.54) is 4.90 Å². The second-order valence-electron chi connectivity index (χ2n) is 5.91. The third kappa shape index (κ3) is 4.55. The van der Waals surface area contributed by atoms with Gasteiger partial charge in [-0.2, -0.15) is 0 Å². The molecule has 2 unspecified atom stereocenters. The van der Waals surface area contributed by atoms with Crippen molar-refractivity contribution in [1.29, 1.82) is 0 Å². The predicted molar refractivity (Wildman–Crippen MR) is 86.2 cm³/mol. The Hall–Kier alpha value is -2.37. The quantitative estimate of drug-likeness (QED) is 0.807. The van der Waals surface area contributed by atoms with Crippen molar-refractivity contribution in [3.63, 3.8) is 0 Å². The Morgan fingerprint density at radius 3 is 2.35 bits per heavy atom. The highest BCUT2D eigenvalue weighted by Gasteiger charge is 2.39. The van der Waals surface area contributed by atoms with Crippen LogP contribution in [0, 0.1) is 11.8 Å². The molecule has 23 heavy (non-hydrogen) atoms. The monoisotopic (exact) mass is 318 g/mol. The molecule has 0 saturated heterocycles. The van der Waals surface area contributed by atoms with Gasteiger partial charge < -0.3 is 15.3 Å². The molecule has 0 aliphatic heterocycles. The summed E-state index contributed by atoms with van der Waals surface area (Å²) in [4.78, 5) is 36.3. The summed E-state index contributed by atoms with van der Waals surface area (Å²) in [5, 5.41) is 11.6. The van der Waals surface area contributed by atoms with Gasteiger partial charge in [-0.15, -0.1) is 0 Å². The Bertz CT molecular complexity index is 597. The number of carbonyl (C=O) groups excluding carboxylic acids is 2. The number of hydrogen-bond donors (Lipinski definition) is 2. The number of carbonyl (C=O) groups is 3. The second-order valence-corrected chi connectivity index (χ2v) is 5.91. The van der Waals surface area contributed by atoms with Crippen molar-refractivity contribution in [3.05, 3.63) is 29.8 Å². The van der Waals surface area contributed by atoms with Crippen molar-refractivity contribution < 1.29 is 19.5 Å². The van der Waals surface area contributed by atoms with Gasteiger partial charge in [-0.25, -0.2) is 0 Å². The van der Waals surface area contributed by atoms with Gasteiger partial charge in [0.15, 0.2) is 0 Å². The number of benzene rings is 1. The van der Waals surface area contributed by atoms with Crippen molar-refractivity contribution in [3.8, 4) is 0 Å². The molecule has 1 aliphatic rings. The van der Waals surface area contributed by atoms with Crippen LogP contribution < -0.4 is 5.32 Å². The zero-order valence-electron chi connectivity index (χ0n) is 13.4. The summed E-state index contributed by atoms with van der Waals surface area (Å²) in [5.74, 6) is -0.564. The van der Waals surface area contributed by atoms with Gasteiger partial charge in [0.2, 0.25) is 5.91 Å². The fourth-order valence-electron chi connectivity index (χ4n) is 2.43. The van der Waals surface area contributed by atoms with Crippen LogP contribution in [-0.4, -0.2) is 40.9 Å². The van der Waals surface area contributed by atoms with Gasteiger partial charge in [-0.05, 0) is 43.5 Å². The predicted octanol–water partition coefficient (Wildman–Crippen LogP) is 2.22. The molecule has 1 aliphatic carbocycles. The molecule has 6 nitrogen and oxygen atoms in total. The van der Waals surface area contributed by atoms with Crippen molar-refractivity contribution in [2.75, 3.05) is 18.4 Å². The molecule has 1 saturated carbocycles. The molecular formula is C17H22N2O4. The first kappa shape index (κ1) is 17.0. The highest BCUT2D eigenvalue weighted by molar-refractivity contribution is 5.97. The summed E-state index contributed by atoms with van der Waals surface area (Å²) in [6, 6.07) is 6.70. The van der Waals surface area contributed by atoms with Crippen LogP contribution in [0.1, 0.15) is 37.0 Å². The van der Waals surface area contributed by atoms with E-state index in [9.17, 15) is 14.4 Å². The zero-order valence-corrected chi connectivity index (χ0v) is 13.4. The van der Waals surface area contributed by atoms with E-state index < -0.39 is 5.97 Å². The minimum Gasteiger partial charge on any atom is -0.481 e. The lowest BCUT2D eigenvalue weighted by atomic mass is 10.1. The molecule has 2 amide bonds. The lowest BCUT2D eigenvalue weighted by Crippen LogP contribution is -2.32. The van der Waals surface area contributed by atoms with Gasteiger partial charge in [-0.1, -0.05) is 6.92 Å². The van der Waals surface area contributed by atoms with E-state index in [2.05, 4.69) is 5.32 Å². The molecule has 1 aromatic carbocycles. The highest BCUT2D eigenvalue weighted by Crippen LogP contribution is 2.38. The number of carboxylic acid groups (broad SMARTS) is 1. The summed E-state index contributed by atoms with van der Waals surface area (Å²) in [6.45, 7) is 4.49. The molecule has 0 radical (unpaired) electrons. The molecule has 1 aromatic rings. The van der Waals surface area contributed by atoms with E-state index in [0.29, 0.717) is 23.7 Å². The van der Waals surface area contributed by atoms with Crippen LogP contribution in [-0.2, 0) is 9.59 Å².